The van der Waals surface area contributed by atoms with Crippen molar-refractivity contribution in [3.8, 4) is 16.9 Å². The van der Waals surface area contributed by atoms with Gasteiger partial charge in [0.05, 0.1) is 0 Å². The lowest BCUT2D eigenvalue weighted by molar-refractivity contribution is 0.100. The molecule has 1 heterocycles. The second-order valence-electron chi connectivity index (χ2n) is 5.99. The number of ether oxygens (including phenoxy) is 1. The molecule has 0 radical (unpaired) electrons. The molecule has 3 N–H and O–H groups in total. The molecular weight excluding hydrogens is 288 g/mol. The quantitative estimate of drug-likeness (QED) is 0.912. The maximum atomic E-state index is 11.2. The van der Waals surface area contributed by atoms with E-state index in [-0.39, 0.29) is 6.10 Å². The first-order valence-electron chi connectivity index (χ1n) is 8.02. The Bertz CT molecular complexity index is 689. The molecular formula is C19H22N2O2. The van der Waals surface area contributed by atoms with Crippen molar-refractivity contribution in [1.29, 1.82) is 0 Å². The third-order valence-corrected chi connectivity index (χ3v) is 4.27. The molecule has 0 aliphatic carbocycles. The third-order valence-electron chi connectivity index (χ3n) is 4.27. The van der Waals surface area contributed by atoms with E-state index in [0.717, 1.165) is 48.4 Å². The van der Waals surface area contributed by atoms with E-state index in [1.165, 1.54) is 0 Å². The Hall–Kier alpha value is -2.33. The van der Waals surface area contributed by atoms with Gasteiger partial charge in [-0.1, -0.05) is 24.3 Å². The molecule has 4 heteroatoms. The van der Waals surface area contributed by atoms with Gasteiger partial charge in [0, 0.05) is 5.56 Å². The zero-order chi connectivity index (χ0) is 16.2. The van der Waals surface area contributed by atoms with Gasteiger partial charge in [0.15, 0.2) is 0 Å². The van der Waals surface area contributed by atoms with E-state index in [2.05, 4.69) is 30.4 Å². The summed E-state index contributed by atoms with van der Waals surface area (Å²) < 4.78 is 6.20. The van der Waals surface area contributed by atoms with Crippen LogP contribution in [-0.2, 0) is 0 Å². The maximum absolute atomic E-state index is 11.2. The highest BCUT2D eigenvalue weighted by atomic mass is 16.5. The van der Waals surface area contributed by atoms with Crippen molar-refractivity contribution in [2.24, 2.45) is 5.73 Å². The van der Waals surface area contributed by atoms with Crippen LogP contribution in [0.25, 0.3) is 11.1 Å². The highest BCUT2D eigenvalue weighted by Crippen LogP contribution is 2.29. The number of nitrogens with two attached hydrogens (primary N) is 1. The fraction of sp³-hybridized carbons (Fsp3) is 0.316. The van der Waals surface area contributed by atoms with E-state index in [4.69, 9.17) is 10.5 Å². The number of primary amides is 1. The third kappa shape index (κ3) is 3.71. The second kappa shape index (κ2) is 6.84. The molecule has 23 heavy (non-hydrogen) atoms. The zero-order valence-electron chi connectivity index (χ0n) is 13.3. The molecule has 120 valence electrons. The first kappa shape index (κ1) is 15.6. The molecule has 0 saturated carbocycles. The van der Waals surface area contributed by atoms with Gasteiger partial charge in [0.1, 0.15) is 11.9 Å². The van der Waals surface area contributed by atoms with Crippen molar-refractivity contribution < 1.29 is 9.53 Å². The summed E-state index contributed by atoms with van der Waals surface area (Å²) in [5, 5.41) is 3.35. The van der Waals surface area contributed by atoms with Crippen molar-refractivity contribution >= 4 is 5.91 Å². The van der Waals surface area contributed by atoms with Crippen LogP contribution in [0.1, 0.15) is 28.8 Å². The molecule has 1 aliphatic heterocycles. The average Bonchev–Trinajstić information content (AvgIpc) is 2.58. The van der Waals surface area contributed by atoms with Crippen LogP contribution >= 0.6 is 0 Å². The van der Waals surface area contributed by atoms with Crippen LogP contribution in [0.4, 0.5) is 0 Å². The molecule has 4 nitrogen and oxygen atoms in total. The van der Waals surface area contributed by atoms with Gasteiger partial charge in [0.25, 0.3) is 0 Å². The number of carbonyl (C=O) groups excluding carboxylic acids is 1. The summed E-state index contributed by atoms with van der Waals surface area (Å²) in [6, 6.07) is 13.6. The molecule has 2 aromatic rings. The number of aryl methyl sites for hydroxylation is 1. The topological polar surface area (TPSA) is 64.4 Å². The van der Waals surface area contributed by atoms with Crippen molar-refractivity contribution in [3.05, 3.63) is 53.6 Å². The van der Waals surface area contributed by atoms with Crippen molar-refractivity contribution in [2.45, 2.75) is 25.9 Å². The molecule has 1 aliphatic rings. The highest BCUT2D eigenvalue weighted by Gasteiger charge is 2.15. The van der Waals surface area contributed by atoms with E-state index in [1.807, 2.05) is 12.1 Å². The number of hydrogen-bond acceptors (Lipinski definition) is 3. The summed E-state index contributed by atoms with van der Waals surface area (Å²) in [6.45, 7) is 4.09. The number of piperidine rings is 1. The first-order chi connectivity index (χ1) is 11.1. The van der Waals surface area contributed by atoms with Crippen molar-refractivity contribution in [2.75, 3.05) is 13.1 Å². The summed E-state index contributed by atoms with van der Waals surface area (Å²) in [4.78, 5) is 11.2. The van der Waals surface area contributed by atoms with Crippen LogP contribution in [-0.4, -0.2) is 25.1 Å². The van der Waals surface area contributed by atoms with E-state index in [9.17, 15) is 4.79 Å². The van der Waals surface area contributed by atoms with E-state index in [1.54, 1.807) is 12.1 Å². The summed E-state index contributed by atoms with van der Waals surface area (Å²) >= 11 is 0. The smallest absolute Gasteiger partial charge is 0.248 e. The molecule has 1 saturated heterocycles. The average molecular weight is 310 g/mol. The molecule has 3 rings (SSSR count). The lowest BCUT2D eigenvalue weighted by atomic mass is 10.0. The van der Waals surface area contributed by atoms with Crippen LogP contribution in [0.15, 0.2) is 42.5 Å². The fourth-order valence-electron chi connectivity index (χ4n) is 2.83. The minimum Gasteiger partial charge on any atom is -0.490 e. The highest BCUT2D eigenvalue weighted by molar-refractivity contribution is 5.93. The first-order valence-corrected chi connectivity index (χ1v) is 8.02. The Labute approximate surface area is 136 Å². The molecule has 0 bridgehead atoms. The summed E-state index contributed by atoms with van der Waals surface area (Å²) in [7, 11) is 0. The van der Waals surface area contributed by atoms with Gasteiger partial charge in [-0.3, -0.25) is 4.79 Å². The number of rotatable bonds is 4. The van der Waals surface area contributed by atoms with Gasteiger partial charge in [-0.2, -0.15) is 0 Å². The molecule has 0 unspecified atom stereocenters. The number of hydrogen-bond donors (Lipinski definition) is 2. The predicted octanol–water partition coefficient (Wildman–Crippen LogP) is 2.89. The van der Waals surface area contributed by atoms with Crippen molar-refractivity contribution in [1.82, 2.24) is 5.32 Å². The Morgan fingerprint density at radius 2 is 1.74 bits per heavy atom. The Morgan fingerprint density at radius 3 is 2.39 bits per heavy atom. The van der Waals surface area contributed by atoms with Gasteiger partial charge in [-0.15, -0.1) is 0 Å². The van der Waals surface area contributed by atoms with Crippen LogP contribution in [0.2, 0.25) is 0 Å². The van der Waals surface area contributed by atoms with E-state index in [0.29, 0.717) is 5.56 Å². The molecule has 0 spiro atoms. The molecule has 0 aromatic heterocycles. The number of carbonyl (C=O) groups is 1. The zero-order valence-corrected chi connectivity index (χ0v) is 13.3. The number of amides is 1. The van der Waals surface area contributed by atoms with Crippen LogP contribution < -0.4 is 15.8 Å². The monoisotopic (exact) mass is 310 g/mol. The van der Waals surface area contributed by atoms with Gasteiger partial charge < -0.3 is 15.8 Å². The van der Waals surface area contributed by atoms with E-state index >= 15 is 0 Å². The van der Waals surface area contributed by atoms with Gasteiger partial charge >= 0.3 is 0 Å². The fourth-order valence-corrected chi connectivity index (χ4v) is 2.83. The number of nitrogens with one attached hydrogen (secondary N) is 1. The normalized spacial score (nSPS) is 15.3. The Balaban J connectivity index is 1.82. The second-order valence-corrected chi connectivity index (χ2v) is 5.99. The molecule has 2 aromatic carbocycles. The predicted molar refractivity (Wildman–Crippen MR) is 91.7 cm³/mol. The van der Waals surface area contributed by atoms with E-state index < -0.39 is 5.91 Å². The lowest BCUT2D eigenvalue weighted by Crippen LogP contribution is -2.34. The maximum Gasteiger partial charge on any atom is 0.248 e. The number of benzene rings is 2. The van der Waals surface area contributed by atoms with Crippen LogP contribution in [0.5, 0.6) is 5.75 Å². The lowest BCUT2D eigenvalue weighted by Gasteiger charge is -2.25. The van der Waals surface area contributed by atoms with Crippen molar-refractivity contribution in [3.63, 3.8) is 0 Å². The largest absolute Gasteiger partial charge is 0.490 e. The minimum atomic E-state index is -0.407. The SMILES string of the molecule is Cc1ccc(-c2ccc(C(N)=O)cc2)cc1OC1CCNCC1. The molecule has 1 amide bonds. The Morgan fingerprint density at radius 1 is 1.09 bits per heavy atom. The molecule has 1 fully saturated rings. The van der Waals surface area contributed by atoms with Gasteiger partial charge in [0.2, 0.25) is 5.91 Å². The Kier molecular flexibility index (Phi) is 4.63. The standard InChI is InChI=1S/C19H22N2O2/c1-13-2-3-16(14-4-6-15(7-5-14)19(20)22)12-18(13)23-17-8-10-21-11-9-17/h2-7,12,17,21H,8-11H2,1H3,(H2,20,22). The van der Waals surface area contributed by atoms with Gasteiger partial charge in [-0.05, 0) is 67.7 Å². The van der Waals surface area contributed by atoms with Gasteiger partial charge in [-0.25, -0.2) is 0 Å². The molecule has 0 atom stereocenters. The summed E-state index contributed by atoms with van der Waals surface area (Å²) in [6.07, 6.45) is 2.36. The van der Waals surface area contributed by atoms with Crippen LogP contribution in [0, 0.1) is 6.92 Å². The summed E-state index contributed by atoms with van der Waals surface area (Å²) in [5.74, 6) is 0.531. The van der Waals surface area contributed by atoms with Crippen LogP contribution in [0.3, 0.4) is 0 Å². The summed E-state index contributed by atoms with van der Waals surface area (Å²) in [5.41, 5.74) is 9.07. The minimum absolute atomic E-state index is 0.280.